The fraction of sp³-hybridized carbons (Fsp3) is 0.143. The van der Waals surface area contributed by atoms with Gasteiger partial charge in [0.25, 0.3) is 4.90 Å². The van der Waals surface area contributed by atoms with Crippen molar-refractivity contribution in [2.24, 2.45) is 0 Å². The van der Waals surface area contributed by atoms with E-state index in [2.05, 4.69) is 0 Å². The molecule has 0 radical (unpaired) electrons. The van der Waals surface area contributed by atoms with Crippen LogP contribution in [0.3, 0.4) is 0 Å². The van der Waals surface area contributed by atoms with E-state index in [0.29, 0.717) is 16.2 Å². The monoisotopic (exact) mass is 417 g/mol. The summed E-state index contributed by atoms with van der Waals surface area (Å²) >= 11 is 5.89. The minimum absolute atomic E-state index is 0.120. The fourth-order valence-corrected chi connectivity index (χ4v) is 4.06. The molecule has 144 valence electrons. The molecule has 1 aromatic heterocycles. The number of halogens is 1. The van der Waals surface area contributed by atoms with Crippen molar-refractivity contribution >= 4 is 45.5 Å². The molecule has 3 aromatic rings. The highest BCUT2D eigenvalue weighted by molar-refractivity contribution is 7.96. The summed E-state index contributed by atoms with van der Waals surface area (Å²) < 4.78 is 10.5. The molecule has 2 aromatic carbocycles. The molecule has 0 bridgehead atoms. The second-order valence-corrected chi connectivity index (χ2v) is 8.49. The van der Waals surface area contributed by atoms with Gasteiger partial charge in [-0.1, -0.05) is 41.9 Å². The van der Waals surface area contributed by atoms with Crippen LogP contribution in [0, 0.1) is 0 Å². The molecule has 0 aliphatic rings. The first-order valence-corrected chi connectivity index (χ1v) is 10.6. The Balaban J connectivity index is 1.64. The van der Waals surface area contributed by atoms with Gasteiger partial charge < -0.3 is 14.3 Å². The van der Waals surface area contributed by atoms with Gasteiger partial charge in [0.15, 0.2) is 5.75 Å². The molecule has 0 fully saturated rings. The van der Waals surface area contributed by atoms with E-state index in [4.69, 9.17) is 20.8 Å². The van der Waals surface area contributed by atoms with E-state index in [1.807, 2.05) is 30.3 Å². The Labute approximate surface area is 169 Å². The smallest absolute Gasteiger partial charge is 0.396 e. The third kappa shape index (κ3) is 4.77. The Morgan fingerprint density at radius 3 is 2.75 bits per heavy atom. The molecular formula is C21H18ClO5S+. The highest BCUT2D eigenvalue weighted by Crippen LogP contribution is 2.31. The van der Waals surface area contributed by atoms with Gasteiger partial charge in [0.05, 0.1) is 5.39 Å². The second-order valence-electron chi connectivity index (χ2n) is 5.96. The molecule has 5 nitrogen and oxygen atoms in total. The van der Waals surface area contributed by atoms with Crippen molar-refractivity contribution in [3.05, 3.63) is 75.6 Å². The number of hydrogen-bond acceptors (Lipinski definition) is 5. The van der Waals surface area contributed by atoms with Crippen LogP contribution in [0.15, 0.2) is 68.7 Å². The zero-order valence-corrected chi connectivity index (χ0v) is 16.6. The van der Waals surface area contributed by atoms with Crippen LogP contribution in [0.5, 0.6) is 5.75 Å². The second kappa shape index (κ2) is 8.99. The minimum Gasteiger partial charge on any atom is -0.503 e. The number of benzene rings is 2. The molecular weight excluding hydrogens is 400 g/mol. The van der Waals surface area contributed by atoms with E-state index < -0.39 is 22.5 Å². The van der Waals surface area contributed by atoms with E-state index in [1.165, 1.54) is 12.1 Å². The van der Waals surface area contributed by atoms with Gasteiger partial charge in [-0.3, -0.25) is 0 Å². The average Bonchev–Trinajstić information content (AvgIpc) is 2.67. The summed E-state index contributed by atoms with van der Waals surface area (Å²) in [5.41, 5.74) is 0.509. The zero-order valence-electron chi connectivity index (χ0n) is 15.1. The lowest BCUT2D eigenvalue weighted by atomic mass is 10.2. The van der Waals surface area contributed by atoms with Gasteiger partial charge in [-0.05, 0) is 23.8 Å². The number of hydrogen-bond donors (Lipinski definition) is 1. The molecule has 0 saturated carbocycles. The first kappa shape index (κ1) is 20.0. The Morgan fingerprint density at radius 1 is 1.25 bits per heavy atom. The summed E-state index contributed by atoms with van der Waals surface area (Å²) in [5, 5.41) is 11.3. The van der Waals surface area contributed by atoms with Gasteiger partial charge in [-0.2, -0.15) is 0 Å². The topological polar surface area (TPSA) is 76.7 Å². The van der Waals surface area contributed by atoms with Gasteiger partial charge >= 0.3 is 11.6 Å². The number of rotatable bonds is 6. The first-order chi connectivity index (χ1) is 13.5. The van der Waals surface area contributed by atoms with Crippen LogP contribution in [-0.2, 0) is 20.4 Å². The maximum absolute atomic E-state index is 12.3. The van der Waals surface area contributed by atoms with Gasteiger partial charge in [-0.25, -0.2) is 9.59 Å². The van der Waals surface area contributed by atoms with Gasteiger partial charge in [0.1, 0.15) is 24.2 Å². The van der Waals surface area contributed by atoms with Gasteiger partial charge in [0, 0.05) is 28.1 Å². The van der Waals surface area contributed by atoms with E-state index in [9.17, 15) is 14.7 Å². The van der Waals surface area contributed by atoms with Crippen molar-refractivity contribution in [1.29, 1.82) is 0 Å². The molecule has 0 amide bonds. The van der Waals surface area contributed by atoms with E-state index >= 15 is 0 Å². The molecule has 0 saturated heterocycles. The van der Waals surface area contributed by atoms with Crippen LogP contribution in [0.4, 0.5) is 0 Å². The number of esters is 1. The quantitative estimate of drug-likeness (QED) is 0.284. The van der Waals surface area contributed by atoms with Crippen LogP contribution >= 0.6 is 11.6 Å². The van der Waals surface area contributed by atoms with Crippen LogP contribution in [0.25, 0.3) is 17.0 Å². The van der Waals surface area contributed by atoms with Crippen molar-refractivity contribution < 1.29 is 19.1 Å². The Kier molecular flexibility index (Phi) is 6.44. The Morgan fingerprint density at radius 2 is 2.00 bits per heavy atom. The highest BCUT2D eigenvalue weighted by atomic mass is 35.5. The van der Waals surface area contributed by atoms with E-state index in [0.717, 1.165) is 5.56 Å². The molecule has 0 aliphatic heterocycles. The van der Waals surface area contributed by atoms with E-state index in [1.54, 1.807) is 24.5 Å². The average molecular weight is 418 g/mol. The van der Waals surface area contributed by atoms with Crippen LogP contribution in [0.2, 0.25) is 5.02 Å². The summed E-state index contributed by atoms with van der Waals surface area (Å²) in [6, 6.07) is 14.1. The van der Waals surface area contributed by atoms with Crippen LogP contribution < -0.4 is 5.63 Å². The number of carbonyl (C=O) groups excluding carboxylic acids is 1. The van der Waals surface area contributed by atoms with E-state index in [-0.39, 0.29) is 22.8 Å². The molecule has 0 aliphatic carbocycles. The molecule has 1 N–H and O–H groups in total. The van der Waals surface area contributed by atoms with Gasteiger partial charge in [-0.15, -0.1) is 0 Å². The van der Waals surface area contributed by atoms with Gasteiger partial charge in [0.2, 0.25) is 0 Å². The zero-order chi connectivity index (χ0) is 20.1. The molecule has 1 unspecified atom stereocenters. The first-order valence-electron chi connectivity index (χ1n) is 8.43. The fourth-order valence-electron chi connectivity index (χ4n) is 2.59. The minimum atomic E-state index is -0.665. The number of fused-ring (bicyclic) bond motifs is 1. The molecule has 0 spiro atoms. The summed E-state index contributed by atoms with van der Waals surface area (Å²) in [6.45, 7) is 0.120. The summed E-state index contributed by atoms with van der Waals surface area (Å²) in [6.07, 6.45) is 4.82. The number of carbonyl (C=O) groups is 1. The van der Waals surface area contributed by atoms with Crippen LogP contribution in [0.1, 0.15) is 5.56 Å². The standard InChI is InChI=1S/C21H17ClO5S/c1-28(12-11-26-18(23)10-7-14-5-3-2-4-6-14)20-19(24)16-9-8-15(22)13-17(16)27-21(20)25/h2-10,13H,11-12H2,1H3/p+1/b10-7+. The third-order valence-corrected chi connectivity index (χ3v) is 6.07. The normalized spacial score (nSPS) is 12.4. The lowest BCUT2D eigenvalue weighted by molar-refractivity contribution is -0.137. The van der Waals surface area contributed by atoms with Crippen molar-refractivity contribution in [2.75, 3.05) is 18.6 Å². The lowest BCUT2D eigenvalue weighted by Gasteiger charge is -2.06. The SMILES string of the molecule is C[S+](CCOC(=O)/C=C/c1ccccc1)c1c(O)c2ccc(Cl)cc2oc1=O. The van der Waals surface area contributed by atoms with Crippen LogP contribution in [-0.4, -0.2) is 29.7 Å². The maximum Gasteiger partial charge on any atom is 0.396 e. The predicted octanol–water partition coefficient (Wildman–Crippen LogP) is 4.02. The third-order valence-electron chi connectivity index (χ3n) is 4.00. The lowest BCUT2D eigenvalue weighted by Crippen LogP contribution is -2.20. The largest absolute Gasteiger partial charge is 0.503 e. The Hall–Kier alpha value is -2.70. The molecule has 1 atom stereocenters. The number of ether oxygens (including phenoxy) is 1. The predicted molar refractivity (Wildman–Crippen MR) is 112 cm³/mol. The van der Waals surface area contributed by atoms with Crippen molar-refractivity contribution in [1.82, 2.24) is 0 Å². The maximum atomic E-state index is 12.3. The van der Waals surface area contributed by atoms with Crippen molar-refractivity contribution in [2.45, 2.75) is 4.90 Å². The molecule has 28 heavy (non-hydrogen) atoms. The highest BCUT2D eigenvalue weighted by Gasteiger charge is 2.28. The molecule has 3 rings (SSSR count). The summed E-state index contributed by atoms with van der Waals surface area (Å²) in [5.74, 6) is -0.197. The Bertz CT molecular complexity index is 1080. The summed E-state index contributed by atoms with van der Waals surface area (Å²) in [4.78, 5) is 24.3. The molecule has 7 heteroatoms. The van der Waals surface area contributed by atoms with Crippen molar-refractivity contribution in [3.63, 3.8) is 0 Å². The van der Waals surface area contributed by atoms with Crippen molar-refractivity contribution in [3.8, 4) is 5.75 Å². The number of aromatic hydroxyl groups is 1. The summed E-state index contributed by atoms with van der Waals surface area (Å²) in [7, 11) is -0.665. The molecule has 1 heterocycles.